The van der Waals surface area contributed by atoms with Gasteiger partial charge in [-0.3, -0.25) is 4.79 Å². The summed E-state index contributed by atoms with van der Waals surface area (Å²) in [6.07, 6.45) is -1.41. The molecule has 2 aromatic rings. The molecule has 0 radical (unpaired) electrons. The molecule has 0 amide bonds. The molecule has 0 heterocycles. The Labute approximate surface area is 175 Å². The zero-order valence-corrected chi connectivity index (χ0v) is 17.3. The van der Waals surface area contributed by atoms with Crippen molar-refractivity contribution < 1.29 is 19.4 Å². The van der Waals surface area contributed by atoms with Crippen molar-refractivity contribution in [2.45, 2.75) is 18.1 Å². The second-order valence-electron chi connectivity index (χ2n) is 5.93. The van der Waals surface area contributed by atoms with E-state index in [1.54, 1.807) is 36.4 Å². The second kappa shape index (κ2) is 9.66. The predicted molar refractivity (Wildman–Crippen MR) is 108 cm³/mol. The van der Waals surface area contributed by atoms with Gasteiger partial charge >= 0.3 is 5.97 Å². The lowest BCUT2D eigenvalue weighted by Gasteiger charge is -2.30. The minimum absolute atomic E-state index is 0.0399. The number of ether oxygens (including phenoxy) is 1. The third-order valence-corrected chi connectivity index (χ3v) is 5.36. The first kappa shape index (κ1) is 21.9. The van der Waals surface area contributed by atoms with Crippen molar-refractivity contribution in [1.82, 2.24) is 0 Å². The Hall–Kier alpha value is -1.44. The molecule has 2 atom stereocenters. The van der Waals surface area contributed by atoms with Crippen LogP contribution in [-0.2, 0) is 15.1 Å². The number of hydrogen-bond acceptors (Lipinski definition) is 5. The molecular weight excluding hydrogens is 457 g/mol. The Morgan fingerprint density at radius 1 is 1.15 bits per heavy atom. The van der Waals surface area contributed by atoms with Crippen molar-refractivity contribution in [1.29, 1.82) is 0 Å². The largest absolute Gasteiger partial charge is 0.451 e. The van der Waals surface area contributed by atoms with Crippen LogP contribution in [0, 0.1) is 0 Å². The molecular formula is C19H18BrCl2NO4. The highest BCUT2D eigenvalue weighted by Gasteiger charge is 2.36. The maximum atomic E-state index is 12.3. The van der Waals surface area contributed by atoms with Crippen molar-refractivity contribution in [3.8, 4) is 0 Å². The molecule has 0 bridgehead atoms. The average molecular weight is 475 g/mol. The number of carbonyl (C=O) groups excluding carboxylic acids is 2. The van der Waals surface area contributed by atoms with Crippen LogP contribution in [0.15, 0.2) is 48.5 Å². The summed E-state index contributed by atoms with van der Waals surface area (Å²) >= 11 is 15.0. The van der Waals surface area contributed by atoms with Gasteiger partial charge in [0.1, 0.15) is 5.60 Å². The molecule has 0 saturated heterocycles. The highest BCUT2D eigenvalue weighted by Crippen LogP contribution is 2.32. The Kier molecular flexibility index (Phi) is 7.82. The van der Waals surface area contributed by atoms with Crippen LogP contribution in [0.5, 0.6) is 0 Å². The minimum atomic E-state index is -1.63. The molecule has 0 fully saturated rings. The number of ketones is 1. The molecule has 27 heavy (non-hydrogen) atoms. The van der Waals surface area contributed by atoms with Gasteiger partial charge in [0.25, 0.3) is 0 Å². The molecule has 3 N–H and O–H groups in total. The van der Waals surface area contributed by atoms with Gasteiger partial charge < -0.3 is 15.6 Å². The fourth-order valence-corrected chi connectivity index (χ4v) is 3.15. The van der Waals surface area contributed by atoms with Gasteiger partial charge in [-0.25, -0.2) is 4.79 Å². The standard InChI is InChI=1S/C19H18BrCl2NO4/c20-10-16(24)17(27-18(25)12-4-2-1-3-5-12)9-19(26,11-23)13-6-7-14(21)15(22)8-13/h1-8,17,26H,9-11,23H2. The van der Waals surface area contributed by atoms with E-state index in [9.17, 15) is 14.7 Å². The number of aliphatic hydroxyl groups is 1. The summed E-state index contributed by atoms with van der Waals surface area (Å²) in [7, 11) is 0. The molecule has 0 aliphatic rings. The molecule has 0 aliphatic carbocycles. The summed E-state index contributed by atoms with van der Waals surface area (Å²) in [6.45, 7) is -0.208. The van der Waals surface area contributed by atoms with Crippen molar-refractivity contribution in [2.24, 2.45) is 5.73 Å². The molecule has 0 aliphatic heterocycles. The van der Waals surface area contributed by atoms with Crippen molar-refractivity contribution in [3.05, 3.63) is 69.7 Å². The first-order valence-electron chi connectivity index (χ1n) is 8.03. The SMILES string of the molecule is NCC(O)(CC(OC(=O)c1ccccc1)C(=O)CBr)c1ccc(Cl)c(Cl)c1. The van der Waals surface area contributed by atoms with Gasteiger partial charge in [0.2, 0.25) is 0 Å². The van der Waals surface area contributed by atoms with Gasteiger partial charge in [0, 0.05) is 13.0 Å². The van der Waals surface area contributed by atoms with E-state index in [-0.39, 0.29) is 23.3 Å². The molecule has 2 unspecified atom stereocenters. The van der Waals surface area contributed by atoms with Crippen LogP contribution in [0.2, 0.25) is 10.0 Å². The fraction of sp³-hybridized carbons (Fsp3) is 0.263. The van der Waals surface area contributed by atoms with Crippen LogP contribution in [0.1, 0.15) is 22.3 Å². The molecule has 0 aromatic heterocycles. The zero-order chi connectivity index (χ0) is 20.0. The van der Waals surface area contributed by atoms with Gasteiger partial charge in [0.15, 0.2) is 11.9 Å². The highest BCUT2D eigenvalue weighted by molar-refractivity contribution is 9.09. The number of esters is 1. The summed E-state index contributed by atoms with van der Waals surface area (Å²) in [5, 5.41) is 11.5. The third-order valence-electron chi connectivity index (χ3n) is 4.07. The topological polar surface area (TPSA) is 89.6 Å². The van der Waals surface area contributed by atoms with Crippen LogP contribution in [0.4, 0.5) is 0 Å². The molecule has 2 rings (SSSR count). The Bertz CT molecular complexity index is 819. The number of hydrogen-bond donors (Lipinski definition) is 2. The van der Waals surface area contributed by atoms with Crippen molar-refractivity contribution in [2.75, 3.05) is 11.9 Å². The maximum absolute atomic E-state index is 12.3. The van der Waals surface area contributed by atoms with Gasteiger partial charge in [0.05, 0.1) is 20.9 Å². The second-order valence-corrected chi connectivity index (χ2v) is 7.30. The maximum Gasteiger partial charge on any atom is 0.338 e. The van der Waals surface area contributed by atoms with E-state index in [1.165, 1.54) is 12.1 Å². The number of carbonyl (C=O) groups is 2. The number of benzene rings is 2. The Balaban J connectivity index is 2.28. The smallest absolute Gasteiger partial charge is 0.338 e. The van der Waals surface area contributed by atoms with Gasteiger partial charge in [-0.1, -0.05) is 63.4 Å². The van der Waals surface area contributed by atoms with E-state index >= 15 is 0 Å². The summed E-state index contributed by atoms with van der Waals surface area (Å²) in [5.41, 5.74) is 4.82. The number of halogens is 3. The number of rotatable bonds is 8. The monoisotopic (exact) mass is 473 g/mol. The van der Waals surface area contributed by atoms with Gasteiger partial charge in [-0.05, 0) is 29.8 Å². The van der Waals surface area contributed by atoms with Crippen LogP contribution in [0.25, 0.3) is 0 Å². The van der Waals surface area contributed by atoms with E-state index in [4.69, 9.17) is 33.7 Å². The third kappa shape index (κ3) is 5.53. The van der Waals surface area contributed by atoms with E-state index in [2.05, 4.69) is 15.9 Å². The quantitative estimate of drug-likeness (QED) is 0.449. The molecule has 144 valence electrons. The van der Waals surface area contributed by atoms with Gasteiger partial charge in [-0.15, -0.1) is 0 Å². The minimum Gasteiger partial charge on any atom is -0.451 e. The van der Waals surface area contributed by atoms with E-state index in [1.807, 2.05) is 0 Å². The summed E-state index contributed by atoms with van der Waals surface area (Å²) in [4.78, 5) is 24.6. The first-order chi connectivity index (χ1) is 12.8. The summed E-state index contributed by atoms with van der Waals surface area (Å²) in [5.74, 6) is -1.06. The summed E-state index contributed by atoms with van der Waals surface area (Å²) < 4.78 is 5.37. The van der Waals surface area contributed by atoms with E-state index < -0.39 is 23.5 Å². The van der Waals surface area contributed by atoms with Crippen molar-refractivity contribution in [3.63, 3.8) is 0 Å². The van der Waals surface area contributed by atoms with Crippen LogP contribution < -0.4 is 5.73 Å². The number of Topliss-reactive ketones (excluding diaryl/α,β-unsaturated/α-hetero) is 1. The summed E-state index contributed by atoms with van der Waals surface area (Å²) in [6, 6.07) is 12.8. The average Bonchev–Trinajstić information content (AvgIpc) is 2.69. The fourth-order valence-electron chi connectivity index (χ4n) is 2.49. The lowest BCUT2D eigenvalue weighted by atomic mass is 9.87. The molecule has 0 saturated carbocycles. The zero-order valence-electron chi connectivity index (χ0n) is 14.2. The molecule has 5 nitrogen and oxygen atoms in total. The lowest BCUT2D eigenvalue weighted by Crippen LogP contribution is -2.42. The van der Waals surface area contributed by atoms with Crippen LogP contribution in [-0.4, -0.2) is 34.8 Å². The van der Waals surface area contributed by atoms with E-state index in [0.29, 0.717) is 16.1 Å². The predicted octanol–water partition coefficient (Wildman–Crippen LogP) is 3.72. The lowest BCUT2D eigenvalue weighted by molar-refractivity contribution is -0.129. The van der Waals surface area contributed by atoms with Crippen molar-refractivity contribution >= 4 is 50.9 Å². The normalized spacial score (nSPS) is 14.3. The Morgan fingerprint density at radius 2 is 1.81 bits per heavy atom. The molecule has 8 heteroatoms. The molecule has 2 aromatic carbocycles. The number of alkyl halides is 1. The Morgan fingerprint density at radius 3 is 2.37 bits per heavy atom. The van der Waals surface area contributed by atoms with Crippen LogP contribution in [0.3, 0.4) is 0 Å². The number of nitrogens with two attached hydrogens (primary N) is 1. The van der Waals surface area contributed by atoms with Crippen LogP contribution >= 0.6 is 39.1 Å². The van der Waals surface area contributed by atoms with E-state index in [0.717, 1.165) is 0 Å². The molecule has 0 spiro atoms. The highest BCUT2D eigenvalue weighted by atomic mass is 79.9. The van der Waals surface area contributed by atoms with Gasteiger partial charge in [-0.2, -0.15) is 0 Å². The first-order valence-corrected chi connectivity index (χ1v) is 9.91.